The number of aryl methyl sites for hydroxylation is 2. The third-order valence-electron chi connectivity index (χ3n) is 10.8. The van der Waals surface area contributed by atoms with Crippen LogP contribution in [-0.4, -0.2) is 78.0 Å². The standard InChI is InChI=1S/C42H56N6O2S/c1-5-37(36-15-13-16-38(30(36)3)43-29-35-28-33-14-9-7-10-17-39(33)51-35)45-41(31(4)49)44-34-20-18-32(19-21-34)40(42(50)48-22-11-8-12-23-48)47-26-24-46(6-2)25-27-47/h5,13,15-16,18-21,28,40,43H,6-12,14,17,22-27,29H2,1-4H3,(H,44,45)/b37-5-. The van der Waals surface area contributed by atoms with Crippen LogP contribution in [-0.2, 0) is 29.0 Å². The Morgan fingerprint density at radius 1 is 0.922 bits per heavy atom. The molecule has 1 atom stereocenters. The largest absolute Gasteiger partial charge is 0.380 e. The van der Waals surface area contributed by atoms with Crippen LogP contribution in [0.25, 0.3) is 5.70 Å². The van der Waals surface area contributed by atoms with E-state index in [-0.39, 0.29) is 23.6 Å². The molecular formula is C42H56N6O2S. The first-order valence-electron chi connectivity index (χ1n) is 19.2. The molecule has 2 aliphatic heterocycles. The number of benzene rings is 2. The Labute approximate surface area is 309 Å². The van der Waals surface area contributed by atoms with E-state index in [0.29, 0.717) is 0 Å². The lowest BCUT2D eigenvalue weighted by Gasteiger charge is -2.41. The van der Waals surface area contributed by atoms with Gasteiger partial charge >= 0.3 is 0 Å². The van der Waals surface area contributed by atoms with Crippen LogP contribution >= 0.6 is 11.3 Å². The van der Waals surface area contributed by atoms with Gasteiger partial charge in [0.05, 0.1) is 5.70 Å². The second-order valence-electron chi connectivity index (χ2n) is 14.2. The summed E-state index contributed by atoms with van der Waals surface area (Å²) in [4.78, 5) is 41.6. The molecule has 8 nitrogen and oxygen atoms in total. The van der Waals surface area contributed by atoms with Crippen LogP contribution in [0.2, 0.25) is 0 Å². The van der Waals surface area contributed by atoms with E-state index in [4.69, 9.17) is 4.99 Å². The maximum Gasteiger partial charge on any atom is 0.244 e. The number of likely N-dealkylation sites (tertiary alicyclic amines) is 1. The van der Waals surface area contributed by atoms with Crippen molar-refractivity contribution in [3.05, 3.63) is 86.6 Å². The summed E-state index contributed by atoms with van der Waals surface area (Å²) < 4.78 is 0. The maximum absolute atomic E-state index is 14.0. The van der Waals surface area contributed by atoms with Crippen molar-refractivity contribution in [1.82, 2.24) is 14.7 Å². The van der Waals surface area contributed by atoms with E-state index in [2.05, 4.69) is 63.4 Å². The zero-order chi connectivity index (χ0) is 35.7. The van der Waals surface area contributed by atoms with Gasteiger partial charge in [-0.25, -0.2) is 4.99 Å². The van der Waals surface area contributed by atoms with Gasteiger partial charge in [0.2, 0.25) is 5.91 Å². The Bertz CT molecular complexity index is 1690. The predicted molar refractivity (Wildman–Crippen MR) is 213 cm³/mol. The van der Waals surface area contributed by atoms with E-state index < -0.39 is 0 Å². The number of anilines is 2. The average Bonchev–Trinajstić information content (AvgIpc) is 3.42. The first-order valence-corrected chi connectivity index (χ1v) is 20.0. The number of likely N-dealkylation sites (N-methyl/N-ethyl adjacent to an activating group) is 1. The number of carbonyl (C=O) groups excluding carboxylic acids is 2. The molecule has 6 rings (SSSR count). The molecule has 272 valence electrons. The van der Waals surface area contributed by atoms with Gasteiger partial charge in [-0.3, -0.25) is 14.5 Å². The lowest BCUT2D eigenvalue weighted by atomic mass is 10.0. The van der Waals surface area contributed by atoms with E-state index in [1.807, 2.05) is 48.6 Å². The molecular weight excluding hydrogens is 653 g/mol. The summed E-state index contributed by atoms with van der Waals surface area (Å²) >= 11 is 1.95. The number of nitrogens with zero attached hydrogens (tertiary/aromatic N) is 4. The summed E-state index contributed by atoms with van der Waals surface area (Å²) in [5, 5.41) is 6.98. The lowest BCUT2D eigenvalue weighted by Crippen LogP contribution is -2.52. The SMILES string of the molecule is C/C=C(\N=C(Nc1ccc(C(C(=O)N2CCCCC2)N2CCN(CC)CC2)cc1)C(C)=O)c1cccc(NCc2cc3c(s2)CCCCC3)c1C. The Morgan fingerprint density at radius 3 is 2.35 bits per heavy atom. The molecule has 1 unspecified atom stereocenters. The van der Waals surface area contributed by atoms with Gasteiger partial charge < -0.3 is 20.4 Å². The molecule has 1 aliphatic carbocycles. The van der Waals surface area contributed by atoms with Gasteiger partial charge in [-0.1, -0.05) is 43.7 Å². The Morgan fingerprint density at radius 2 is 1.65 bits per heavy atom. The molecule has 3 aliphatic rings. The van der Waals surface area contributed by atoms with Crippen LogP contribution in [0.1, 0.15) is 97.3 Å². The number of aliphatic imine (C=N–C) groups is 1. The highest BCUT2D eigenvalue weighted by Crippen LogP contribution is 2.32. The summed E-state index contributed by atoms with van der Waals surface area (Å²) in [6.07, 6.45) is 11.6. The molecule has 2 N–H and O–H groups in total. The minimum absolute atomic E-state index is 0.144. The fraction of sp³-hybridized carbons (Fsp3) is 0.500. The van der Waals surface area contributed by atoms with Crippen LogP contribution in [0.5, 0.6) is 0 Å². The molecule has 1 amide bonds. The van der Waals surface area contributed by atoms with Crippen molar-refractivity contribution in [2.75, 3.05) is 56.4 Å². The van der Waals surface area contributed by atoms with Crippen LogP contribution in [0.3, 0.4) is 0 Å². The van der Waals surface area contributed by atoms with Crippen molar-refractivity contribution in [3.63, 3.8) is 0 Å². The Kier molecular flexibility index (Phi) is 12.8. The zero-order valence-corrected chi connectivity index (χ0v) is 31.9. The summed E-state index contributed by atoms with van der Waals surface area (Å²) in [5.41, 5.74) is 7.21. The molecule has 9 heteroatoms. The van der Waals surface area contributed by atoms with Crippen LogP contribution in [0.15, 0.2) is 59.6 Å². The first kappa shape index (κ1) is 37.0. The monoisotopic (exact) mass is 708 g/mol. The van der Waals surface area contributed by atoms with Crippen molar-refractivity contribution in [3.8, 4) is 0 Å². The zero-order valence-electron chi connectivity index (χ0n) is 31.1. The summed E-state index contributed by atoms with van der Waals surface area (Å²) in [7, 11) is 0. The van der Waals surface area contributed by atoms with E-state index in [1.54, 1.807) is 17.4 Å². The van der Waals surface area contributed by atoms with Crippen molar-refractivity contribution < 1.29 is 9.59 Å². The number of thiophene rings is 1. The van der Waals surface area contributed by atoms with E-state index in [0.717, 1.165) is 99.0 Å². The molecule has 51 heavy (non-hydrogen) atoms. The molecule has 0 radical (unpaired) electrons. The van der Waals surface area contributed by atoms with Crippen LogP contribution in [0, 0.1) is 6.92 Å². The highest BCUT2D eigenvalue weighted by molar-refractivity contribution is 7.12. The van der Waals surface area contributed by atoms with Gasteiger partial charge in [-0.05, 0) is 106 Å². The molecule has 2 aromatic carbocycles. The van der Waals surface area contributed by atoms with Crippen LogP contribution < -0.4 is 10.6 Å². The Hall–Kier alpha value is -3.79. The van der Waals surface area contributed by atoms with Crippen LogP contribution in [0.4, 0.5) is 11.4 Å². The van der Waals surface area contributed by atoms with Gasteiger partial charge in [-0.2, -0.15) is 0 Å². The number of rotatable bonds is 11. The fourth-order valence-corrected chi connectivity index (χ4v) is 8.92. The highest BCUT2D eigenvalue weighted by atomic mass is 32.1. The first-order chi connectivity index (χ1) is 24.8. The minimum atomic E-state index is -0.301. The van der Waals surface area contributed by atoms with E-state index in [9.17, 15) is 9.59 Å². The number of allylic oxidation sites excluding steroid dienone is 1. The Balaban J connectivity index is 1.17. The predicted octanol–water partition coefficient (Wildman–Crippen LogP) is 8.09. The number of piperidine rings is 1. The molecule has 0 bridgehead atoms. The molecule has 0 spiro atoms. The number of nitrogens with one attached hydrogen (secondary N) is 2. The molecule has 3 aromatic rings. The number of amidine groups is 1. The number of ketones is 1. The topological polar surface area (TPSA) is 80.3 Å². The van der Waals surface area contributed by atoms with Gasteiger partial charge in [0, 0.05) is 79.4 Å². The number of fused-ring (bicyclic) bond motifs is 1. The maximum atomic E-state index is 14.0. The van der Waals surface area contributed by atoms with Crippen molar-refractivity contribution in [1.29, 1.82) is 0 Å². The molecule has 2 saturated heterocycles. The fourth-order valence-electron chi connectivity index (χ4n) is 7.72. The summed E-state index contributed by atoms with van der Waals surface area (Å²) in [5.74, 6) is 0.348. The normalized spacial score (nSPS) is 18.5. The van der Waals surface area contributed by atoms with Gasteiger partial charge in [-0.15, -0.1) is 11.3 Å². The van der Waals surface area contributed by atoms with Gasteiger partial charge in [0.25, 0.3) is 0 Å². The molecule has 2 fully saturated rings. The molecule has 3 heterocycles. The highest BCUT2D eigenvalue weighted by Gasteiger charge is 2.33. The van der Waals surface area contributed by atoms with Crippen molar-refractivity contribution in [2.24, 2.45) is 4.99 Å². The molecule has 0 saturated carbocycles. The quantitative estimate of drug-likeness (QED) is 0.119. The van der Waals surface area contributed by atoms with E-state index in [1.165, 1.54) is 43.4 Å². The smallest absolute Gasteiger partial charge is 0.244 e. The number of hydrogen-bond acceptors (Lipinski definition) is 7. The number of Topliss-reactive ketones (excluding diaryl/α,β-unsaturated/α-hetero) is 1. The second kappa shape index (κ2) is 17.6. The number of carbonyl (C=O) groups is 2. The number of hydrogen-bond donors (Lipinski definition) is 2. The average molecular weight is 709 g/mol. The number of piperazine rings is 1. The third-order valence-corrected chi connectivity index (χ3v) is 12.0. The van der Waals surface area contributed by atoms with Crippen molar-refractivity contribution >= 4 is 45.9 Å². The van der Waals surface area contributed by atoms with E-state index >= 15 is 0 Å². The van der Waals surface area contributed by atoms with Crippen molar-refractivity contribution in [2.45, 2.75) is 91.6 Å². The third kappa shape index (κ3) is 9.18. The summed E-state index contributed by atoms with van der Waals surface area (Å²) in [6.45, 7) is 15.0. The summed E-state index contributed by atoms with van der Waals surface area (Å²) in [6, 6.07) is 16.4. The second-order valence-corrected chi connectivity index (χ2v) is 15.5. The number of amides is 1. The molecule has 1 aromatic heterocycles. The lowest BCUT2D eigenvalue weighted by molar-refractivity contribution is -0.139. The minimum Gasteiger partial charge on any atom is -0.380 e. The van der Waals surface area contributed by atoms with Gasteiger partial charge in [0.1, 0.15) is 6.04 Å². The van der Waals surface area contributed by atoms with Gasteiger partial charge in [0.15, 0.2) is 11.6 Å².